The van der Waals surface area contributed by atoms with E-state index in [2.05, 4.69) is 18.7 Å². The van der Waals surface area contributed by atoms with E-state index in [1.165, 1.54) is 6.42 Å². The zero-order chi connectivity index (χ0) is 8.06. The molecule has 2 rings (SSSR count). The Kier molecular flexibility index (Phi) is 1.50. The highest BCUT2D eigenvalue weighted by atomic mass is 19.1. The molecule has 0 radical (unpaired) electrons. The predicted octanol–water partition coefficient (Wildman–Crippen LogP) is 1.83. The van der Waals surface area contributed by atoms with Gasteiger partial charge in [0.1, 0.15) is 6.17 Å². The molecule has 2 saturated heterocycles. The van der Waals surface area contributed by atoms with Gasteiger partial charge in [-0.15, -0.1) is 0 Å². The molecule has 11 heavy (non-hydrogen) atoms. The molecule has 0 spiro atoms. The highest BCUT2D eigenvalue weighted by Gasteiger charge is 2.47. The van der Waals surface area contributed by atoms with Gasteiger partial charge in [0.15, 0.2) is 0 Å². The molecule has 0 aromatic carbocycles. The van der Waals surface area contributed by atoms with Crippen molar-refractivity contribution in [2.75, 3.05) is 13.1 Å². The summed E-state index contributed by atoms with van der Waals surface area (Å²) in [5.41, 5.74) is 0.207. The highest BCUT2D eigenvalue weighted by Crippen LogP contribution is 2.41. The number of hydrogen-bond acceptors (Lipinski definition) is 1. The van der Waals surface area contributed by atoms with Crippen LogP contribution in [0.5, 0.6) is 0 Å². The zero-order valence-electron chi connectivity index (χ0n) is 7.31. The van der Waals surface area contributed by atoms with Crippen molar-refractivity contribution in [3.8, 4) is 0 Å². The fourth-order valence-electron chi connectivity index (χ4n) is 2.83. The number of hydrogen-bond donors (Lipinski definition) is 0. The first-order chi connectivity index (χ1) is 5.10. The lowest BCUT2D eigenvalue weighted by Crippen LogP contribution is -2.34. The molecule has 0 aromatic rings. The van der Waals surface area contributed by atoms with Gasteiger partial charge in [0, 0.05) is 18.6 Å². The predicted molar refractivity (Wildman–Crippen MR) is 43.3 cm³/mol. The second-order valence-corrected chi connectivity index (χ2v) is 4.51. The maximum absolute atomic E-state index is 13.0. The van der Waals surface area contributed by atoms with E-state index in [-0.39, 0.29) is 5.54 Å². The second kappa shape index (κ2) is 2.19. The Labute approximate surface area is 67.6 Å². The normalized spacial score (nSPS) is 51.5. The van der Waals surface area contributed by atoms with Crippen LogP contribution in [-0.2, 0) is 0 Å². The summed E-state index contributed by atoms with van der Waals surface area (Å²) in [5, 5.41) is 0. The van der Waals surface area contributed by atoms with Gasteiger partial charge in [0.2, 0.25) is 0 Å². The maximum atomic E-state index is 13.0. The topological polar surface area (TPSA) is 3.24 Å². The number of rotatable bonds is 0. The molecule has 3 unspecified atom stereocenters. The third-order valence-electron chi connectivity index (χ3n) is 3.16. The van der Waals surface area contributed by atoms with Crippen molar-refractivity contribution in [1.29, 1.82) is 0 Å². The van der Waals surface area contributed by atoms with Gasteiger partial charge >= 0.3 is 0 Å². The molecule has 0 bridgehead atoms. The van der Waals surface area contributed by atoms with E-state index < -0.39 is 6.17 Å². The van der Waals surface area contributed by atoms with Gasteiger partial charge < -0.3 is 0 Å². The number of nitrogens with zero attached hydrogens (tertiary/aromatic N) is 1. The summed E-state index contributed by atoms with van der Waals surface area (Å²) in [6.45, 7) is 6.25. The summed E-state index contributed by atoms with van der Waals surface area (Å²) in [5.74, 6) is 0.771. The van der Waals surface area contributed by atoms with Crippen LogP contribution in [-0.4, -0.2) is 29.7 Å². The van der Waals surface area contributed by atoms with E-state index in [1.807, 2.05) is 0 Å². The Morgan fingerprint density at radius 1 is 1.36 bits per heavy atom. The van der Waals surface area contributed by atoms with Crippen molar-refractivity contribution in [2.45, 2.75) is 38.4 Å². The lowest BCUT2D eigenvalue weighted by molar-refractivity contribution is 0.217. The average molecular weight is 157 g/mol. The van der Waals surface area contributed by atoms with Crippen LogP contribution >= 0.6 is 0 Å². The van der Waals surface area contributed by atoms with Crippen molar-refractivity contribution in [3.63, 3.8) is 0 Å². The van der Waals surface area contributed by atoms with Gasteiger partial charge in [-0.3, -0.25) is 4.90 Å². The van der Waals surface area contributed by atoms with Crippen molar-refractivity contribution >= 4 is 0 Å². The Balaban J connectivity index is 2.13. The quantitative estimate of drug-likeness (QED) is 0.518. The van der Waals surface area contributed by atoms with E-state index in [4.69, 9.17) is 0 Å². The summed E-state index contributed by atoms with van der Waals surface area (Å²) in [6, 6.07) is 0. The van der Waals surface area contributed by atoms with E-state index in [9.17, 15) is 4.39 Å². The molecule has 2 heteroatoms. The molecule has 0 saturated carbocycles. The molecule has 0 N–H and O–H groups in total. The second-order valence-electron chi connectivity index (χ2n) is 4.51. The SMILES string of the molecule is CC1CN2CC(F)CC2(C)C1. The van der Waals surface area contributed by atoms with Crippen LogP contribution in [0, 0.1) is 5.92 Å². The minimum Gasteiger partial charge on any atom is -0.295 e. The van der Waals surface area contributed by atoms with Crippen LogP contribution in [0.25, 0.3) is 0 Å². The molecule has 2 heterocycles. The summed E-state index contributed by atoms with van der Waals surface area (Å²) in [6.07, 6.45) is 1.39. The molecule has 2 aliphatic rings. The van der Waals surface area contributed by atoms with Gasteiger partial charge in [-0.05, 0) is 25.7 Å². The smallest absolute Gasteiger partial charge is 0.115 e. The van der Waals surface area contributed by atoms with E-state index >= 15 is 0 Å². The fourth-order valence-corrected chi connectivity index (χ4v) is 2.83. The van der Waals surface area contributed by atoms with Gasteiger partial charge in [-0.25, -0.2) is 4.39 Å². The number of fused-ring (bicyclic) bond motifs is 1. The van der Waals surface area contributed by atoms with Gasteiger partial charge in [0.05, 0.1) is 0 Å². The van der Waals surface area contributed by atoms with Crippen molar-refractivity contribution < 1.29 is 4.39 Å². The van der Waals surface area contributed by atoms with Gasteiger partial charge in [-0.2, -0.15) is 0 Å². The Hall–Kier alpha value is -0.110. The number of alkyl halides is 1. The van der Waals surface area contributed by atoms with Crippen LogP contribution in [0.4, 0.5) is 4.39 Å². The van der Waals surface area contributed by atoms with Crippen molar-refractivity contribution in [1.82, 2.24) is 4.90 Å². The molecular formula is C9H16FN. The summed E-state index contributed by atoms with van der Waals surface area (Å²) >= 11 is 0. The molecule has 2 aliphatic heterocycles. The van der Waals surface area contributed by atoms with Crippen molar-refractivity contribution in [2.24, 2.45) is 5.92 Å². The molecule has 0 aromatic heterocycles. The number of halogens is 1. The monoisotopic (exact) mass is 157 g/mol. The molecule has 3 atom stereocenters. The highest BCUT2D eigenvalue weighted by molar-refractivity contribution is 5.02. The van der Waals surface area contributed by atoms with Gasteiger partial charge in [0.25, 0.3) is 0 Å². The third-order valence-corrected chi connectivity index (χ3v) is 3.16. The van der Waals surface area contributed by atoms with E-state index in [0.717, 1.165) is 18.9 Å². The summed E-state index contributed by atoms with van der Waals surface area (Å²) in [7, 11) is 0. The first-order valence-corrected chi connectivity index (χ1v) is 4.49. The molecule has 2 fully saturated rings. The lowest BCUT2D eigenvalue weighted by atomic mass is 9.93. The minimum absolute atomic E-state index is 0.207. The standard InChI is InChI=1S/C9H16FN/c1-7-3-9(2)4-8(10)6-11(9)5-7/h7-8H,3-6H2,1-2H3. The van der Waals surface area contributed by atoms with Crippen LogP contribution in [0.1, 0.15) is 26.7 Å². The van der Waals surface area contributed by atoms with Crippen LogP contribution in [0.3, 0.4) is 0 Å². The Morgan fingerprint density at radius 2 is 2.09 bits per heavy atom. The fraction of sp³-hybridized carbons (Fsp3) is 1.00. The first-order valence-electron chi connectivity index (χ1n) is 4.49. The average Bonchev–Trinajstić information content (AvgIpc) is 2.16. The largest absolute Gasteiger partial charge is 0.295 e. The maximum Gasteiger partial charge on any atom is 0.115 e. The Morgan fingerprint density at radius 3 is 2.73 bits per heavy atom. The minimum atomic E-state index is -0.563. The molecule has 64 valence electrons. The molecule has 0 amide bonds. The molecule has 1 nitrogen and oxygen atoms in total. The molecule has 0 aliphatic carbocycles. The third kappa shape index (κ3) is 1.08. The summed E-state index contributed by atoms with van der Waals surface area (Å²) < 4.78 is 13.0. The summed E-state index contributed by atoms with van der Waals surface area (Å²) in [4.78, 5) is 2.32. The Bertz CT molecular complexity index is 155. The lowest BCUT2D eigenvalue weighted by Gasteiger charge is -2.25. The van der Waals surface area contributed by atoms with Crippen LogP contribution < -0.4 is 0 Å². The van der Waals surface area contributed by atoms with Crippen molar-refractivity contribution in [3.05, 3.63) is 0 Å². The van der Waals surface area contributed by atoms with E-state index in [0.29, 0.717) is 6.54 Å². The van der Waals surface area contributed by atoms with Crippen LogP contribution in [0.15, 0.2) is 0 Å². The van der Waals surface area contributed by atoms with Crippen LogP contribution in [0.2, 0.25) is 0 Å². The zero-order valence-corrected chi connectivity index (χ0v) is 7.31. The first kappa shape index (κ1) is 7.53. The molecular weight excluding hydrogens is 141 g/mol. The van der Waals surface area contributed by atoms with Gasteiger partial charge in [-0.1, -0.05) is 6.92 Å². The van der Waals surface area contributed by atoms with E-state index in [1.54, 1.807) is 0 Å².